The van der Waals surface area contributed by atoms with Crippen LogP contribution in [0.1, 0.15) is 16.1 Å². The number of furan rings is 1. The van der Waals surface area contributed by atoms with E-state index >= 15 is 0 Å². The van der Waals surface area contributed by atoms with Crippen molar-refractivity contribution in [3.63, 3.8) is 0 Å². The molecule has 0 saturated carbocycles. The molecule has 0 bridgehead atoms. The largest absolute Gasteiger partial charge is 0.480 e. The summed E-state index contributed by atoms with van der Waals surface area (Å²) in [6.07, 6.45) is 1.42. The van der Waals surface area contributed by atoms with Gasteiger partial charge in [0.15, 0.2) is 11.8 Å². The summed E-state index contributed by atoms with van der Waals surface area (Å²) in [6, 6.07) is 0.726. The molecule has 1 amide bonds. The molecule has 1 aliphatic rings. The molecule has 2 rings (SSSR count). The fourth-order valence-electron chi connectivity index (χ4n) is 1.77. The number of morpholine rings is 1. The van der Waals surface area contributed by atoms with Gasteiger partial charge < -0.3 is 19.2 Å². The first kappa shape index (κ1) is 11.7. The van der Waals surface area contributed by atoms with Gasteiger partial charge >= 0.3 is 5.97 Å². The molecule has 6 nitrogen and oxygen atoms in total. The van der Waals surface area contributed by atoms with Gasteiger partial charge in [-0.15, -0.1) is 0 Å². The van der Waals surface area contributed by atoms with Crippen molar-refractivity contribution in [2.24, 2.45) is 0 Å². The summed E-state index contributed by atoms with van der Waals surface area (Å²) in [7, 11) is 0. The Morgan fingerprint density at radius 2 is 2.29 bits per heavy atom. The van der Waals surface area contributed by atoms with E-state index < -0.39 is 17.9 Å². The number of aryl methyl sites for hydroxylation is 1. The third kappa shape index (κ3) is 2.16. The molecule has 0 aliphatic carbocycles. The van der Waals surface area contributed by atoms with Crippen LogP contribution >= 0.6 is 0 Å². The number of carbonyl (C=O) groups excluding carboxylic acids is 1. The van der Waals surface area contributed by atoms with Crippen molar-refractivity contribution in [3.05, 3.63) is 23.7 Å². The molecule has 1 aromatic heterocycles. The minimum absolute atomic E-state index is 0.0147. The van der Waals surface area contributed by atoms with Gasteiger partial charge in [-0.25, -0.2) is 4.79 Å². The van der Waals surface area contributed by atoms with E-state index in [9.17, 15) is 9.59 Å². The maximum Gasteiger partial charge on any atom is 0.328 e. The second kappa shape index (κ2) is 4.58. The number of rotatable bonds is 2. The number of aliphatic carboxylic acids is 1. The third-order valence-electron chi connectivity index (χ3n) is 2.73. The molecular formula is C11H13NO5. The van der Waals surface area contributed by atoms with E-state index in [0.717, 1.165) is 0 Å². The Bertz CT molecular complexity index is 439. The summed E-state index contributed by atoms with van der Waals surface area (Å²) in [5.41, 5.74) is 0.700. The predicted molar refractivity (Wildman–Crippen MR) is 56.7 cm³/mol. The maximum atomic E-state index is 12.1. The van der Waals surface area contributed by atoms with Crippen LogP contribution in [0.15, 0.2) is 16.7 Å². The van der Waals surface area contributed by atoms with E-state index in [2.05, 4.69) is 0 Å². The number of nitrogens with zero attached hydrogens (tertiary/aromatic N) is 1. The summed E-state index contributed by atoms with van der Waals surface area (Å²) in [5, 5.41) is 9.02. The fourth-order valence-corrected chi connectivity index (χ4v) is 1.77. The number of ether oxygens (including phenoxy) is 1. The summed E-state index contributed by atoms with van der Waals surface area (Å²) in [4.78, 5) is 24.4. The molecule has 17 heavy (non-hydrogen) atoms. The number of carboxylic acids is 1. The summed E-state index contributed by atoms with van der Waals surface area (Å²) in [5.74, 6) is -1.27. The molecule has 0 unspecified atom stereocenters. The zero-order valence-electron chi connectivity index (χ0n) is 9.38. The maximum absolute atomic E-state index is 12.1. The van der Waals surface area contributed by atoms with Crippen LogP contribution in [-0.4, -0.2) is 47.7 Å². The highest BCUT2D eigenvalue weighted by molar-refractivity contribution is 5.95. The number of hydrogen-bond donors (Lipinski definition) is 1. The Labute approximate surface area is 97.8 Å². The van der Waals surface area contributed by atoms with Gasteiger partial charge in [-0.05, 0) is 13.0 Å². The molecule has 0 aromatic carbocycles. The van der Waals surface area contributed by atoms with Gasteiger partial charge in [-0.3, -0.25) is 4.79 Å². The van der Waals surface area contributed by atoms with Crippen LogP contribution in [-0.2, 0) is 9.53 Å². The Morgan fingerprint density at radius 3 is 2.88 bits per heavy atom. The molecule has 0 spiro atoms. The molecule has 1 N–H and O–H groups in total. The Kier molecular flexibility index (Phi) is 3.14. The normalized spacial score (nSPS) is 20.3. The highest BCUT2D eigenvalue weighted by Crippen LogP contribution is 2.16. The Hall–Kier alpha value is -1.82. The first-order valence-corrected chi connectivity index (χ1v) is 5.27. The second-order valence-corrected chi connectivity index (χ2v) is 3.86. The molecule has 1 aromatic rings. The van der Waals surface area contributed by atoms with E-state index in [4.69, 9.17) is 14.3 Å². The van der Waals surface area contributed by atoms with Crippen LogP contribution < -0.4 is 0 Å². The molecule has 1 fully saturated rings. The van der Waals surface area contributed by atoms with Crippen molar-refractivity contribution in [3.8, 4) is 0 Å². The lowest BCUT2D eigenvalue weighted by atomic mass is 10.2. The van der Waals surface area contributed by atoms with Crippen molar-refractivity contribution in [1.29, 1.82) is 0 Å². The lowest BCUT2D eigenvalue weighted by molar-refractivity contribution is -0.147. The molecule has 92 valence electrons. The zero-order valence-corrected chi connectivity index (χ0v) is 9.38. The zero-order chi connectivity index (χ0) is 12.4. The van der Waals surface area contributed by atoms with Crippen molar-refractivity contribution >= 4 is 11.9 Å². The standard InChI is InChI=1S/C11H13NO5/c1-7-2-4-17-9(7)10(13)12-3-5-16-6-8(12)11(14)15/h2,4,8H,3,5-6H2,1H3,(H,14,15)/t8-/m0/s1. The van der Waals surface area contributed by atoms with Gasteiger partial charge in [-0.1, -0.05) is 0 Å². The fraction of sp³-hybridized carbons (Fsp3) is 0.455. The molecule has 1 saturated heterocycles. The van der Waals surface area contributed by atoms with Crippen LogP contribution in [0.3, 0.4) is 0 Å². The van der Waals surface area contributed by atoms with Gasteiger partial charge in [0.05, 0.1) is 19.5 Å². The molecule has 2 heterocycles. The average Bonchev–Trinajstić information content (AvgIpc) is 2.74. The van der Waals surface area contributed by atoms with E-state index in [1.165, 1.54) is 11.2 Å². The van der Waals surface area contributed by atoms with Gasteiger partial charge in [0.2, 0.25) is 0 Å². The lowest BCUT2D eigenvalue weighted by Crippen LogP contribution is -2.52. The highest BCUT2D eigenvalue weighted by atomic mass is 16.5. The Balaban J connectivity index is 2.23. The summed E-state index contributed by atoms with van der Waals surface area (Å²) < 4.78 is 10.1. The Morgan fingerprint density at radius 1 is 1.53 bits per heavy atom. The predicted octanol–water partition coefficient (Wildman–Crippen LogP) is 0.514. The van der Waals surface area contributed by atoms with E-state index in [1.54, 1.807) is 13.0 Å². The molecule has 1 atom stereocenters. The van der Waals surface area contributed by atoms with Crippen molar-refractivity contribution in [2.45, 2.75) is 13.0 Å². The smallest absolute Gasteiger partial charge is 0.328 e. The van der Waals surface area contributed by atoms with Gasteiger partial charge in [0.1, 0.15) is 0 Å². The van der Waals surface area contributed by atoms with Crippen molar-refractivity contribution < 1.29 is 23.8 Å². The quantitative estimate of drug-likeness (QED) is 0.813. The highest BCUT2D eigenvalue weighted by Gasteiger charge is 2.34. The lowest BCUT2D eigenvalue weighted by Gasteiger charge is -2.32. The number of carboxylic acid groups (broad SMARTS) is 1. The molecule has 1 aliphatic heterocycles. The number of carbonyl (C=O) groups is 2. The first-order chi connectivity index (χ1) is 8.11. The topological polar surface area (TPSA) is 80.0 Å². The van der Waals surface area contributed by atoms with Gasteiger partial charge in [-0.2, -0.15) is 0 Å². The first-order valence-electron chi connectivity index (χ1n) is 5.27. The van der Waals surface area contributed by atoms with Gasteiger partial charge in [0, 0.05) is 12.1 Å². The van der Waals surface area contributed by atoms with E-state index in [1.807, 2.05) is 0 Å². The van der Waals surface area contributed by atoms with E-state index in [0.29, 0.717) is 12.2 Å². The number of hydrogen-bond acceptors (Lipinski definition) is 4. The van der Waals surface area contributed by atoms with Crippen LogP contribution in [0.5, 0.6) is 0 Å². The van der Waals surface area contributed by atoms with Crippen LogP contribution in [0.2, 0.25) is 0 Å². The summed E-state index contributed by atoms with van der Waals surface area (Å²) in [6.45, 7) is 2.36. The molecule has 0 radical (unpaired) electrons. The van der Waals surface area contributed by atoms with Crippen LogP contribution in [0, 0.1) is 6.92 Å². The summed E-state index contributed by atoms with van der Waals surface area (Å²) >= 11 is 0. The van der Waals surface area contributed by atoms with Crippen molar-refractivity contribution in [2.75, 3.05) is 19.8 Å². The van der Waals surface area contributed by atoms with E-state index in [-0.39, 0.29) is 18.9 Å². The van der Waals surface area contributed by atoms with Crippen LogP contribution in [0.4, 0.5) is 0 Å². The number of amides is 1. The molecule has 6 heteroatoms. The minimum Gasteiger partial charge on any atom is -0.480 e. The SMILES string of the molecule is Cc1ccoc1C(=O)N1CCOC[C@H]1C(=O)O. The monoisotopic (exact) mass is 239 g/mol. The third-order valence-corrected chi connectivity index (χ3v) is 2.73. The molecular weight excluding hydrogens is 226 g/mol. The van der Waals surface area contributed by atoms with Crippen LogP contribution in [0.25, 0.3) is 0 Å². The minimum atomic E-state index is -1.07. The average molecular weight is 239 g/mol. The van der Waals surface area contributed by atoms with Gasteiger partial charge in [0.25, 0.3) is 5.91 Å². The second-order valence-electron chi connectivity index (χ2n) is 3.86. The van der Waals surface area contributed by atoms with Crippen molar-refractivity contribution in [1.82, 2.24) is 4.90 Å².